The Hall–Kier alpha value is -2.35. The summed E-state index contributed by atoms with van der Waals surface area (Å²) >= 11 is 0. The molecule has 2 aromatic heterocycles. The number of pyridine rings is 1. The quantitative estimate of drug-likeness (QED) is 0.794. The van der Waals surface area contributed by atoms with Crippen LogP contribution in [0, 0.1) is 11.3 Å². The summed E-state index contributed by atoms with van der Waals surface area (Å²) in [6.07, 6.45) is 2.03. The highest BCUT2D eigenvalue weighted by atomic mass is 16.5. The summed E-state index contributed by atoms with van der Waals surface area (Å²) in [5.41, 5.74) is 1.68. The van der Waals surface area contributed by atoms with E-state index in [9.17, 15) is 0 Å². The number of hydrogen-bond acceptors (Lipinski definition) is 4. The third-order valence-corrected chi connectivity index (χ3v) is 2.29. The molecular formula is C12H12N4O. The third-order valence-electron chi connectivity index (χ3n) is 2.29. The molecule has 2 rings (SSSR count). The molecule has 0 unspecified atom stereocenters. The highest BCUT2D eigenvalue weighted by Crippen LogP contribution is 2.09. The second-order valence-electron chi connectivity index (χ2n) is 3.54. The van der Waals surface area contributed by atoms with Crippen LogP contribution in [0.1, 0.15) is 11.4 Å². The maximum absolute atomic E-state index is 8.63. The van der Waals surface area contributed by atoms with Crippen LogP contribution in [0.5, 0.6) is 5.88 Å². The van der Waals surface area contributed by atoms with E-state index in [4.69, 9.17) is 10.00 Å². The van der Waals surface area contributed by atoms with Crippen LogP contribution in [0.2, 0.25) is 0 Å². The fourth-order valence-corrected chi connectivity index (χ4v) is 1.47. The Morgan fingerprint density at radius 3 is 3.06 bits per heavy atom. The van der Waals surface area contributed by atoms with E-state index in [1.807, 2.05) is 25.2 Å². The molecule has 0 aliphatic carbocycles. The molecule has 86 valence electrons. The fraction of sp³-hybridized carbons (Fsp3) is 0.250. The molecule has 0 saturated carbocycles. The zero-order valence-electron chi connectivity index (χ0n) is 9.50. The molecular weight excluding hydrogens is 216 g/mol. The zero-order chi connectivity index (χ0) is 12.1. The van der Waals surface area contributed by atoms with Crippen LogP contribution in [0.4, 0.5) is 0 Å². The number of nitriles is 1. The monoisotopic (exact) mass is 228 g/mol. The average Bonchev–Trinajstić information content (AvgIpc) is 2.70. The Bertz CT molecular complexity index is 527. The molecule has 0 bridgehead atoms. The number of ether oxygens (including phenoxy) is 1. The molecule has 0 saturated heterocycles. The lowest BCUT2D eigenvalue weighted by Gasteiger charge is -2.01. The van der Waals surface area contributed by atoms with Crippen LogP contribution < -0.4 is 4.74 Å². The summed E-state index contributed by atoms with van der Waals surface area (Å²) in [6, 6.07) is 9.45. The van der Waals surface area contributed by atoms with Crippen molar-refractivity contribution in [1.82, 2.24) is 14.8 Å². The molecule has 0 atom stereocenters. The predicted octanol–water partition coefficient (Wildman–Crippen LogP) is 1.46. The molecule has 0 N–H and O–H groups in total. The number of aryl methyl sites for hydroxylation is 1. The van der Waals surface area contributed by atoms with Crippen molar-refractivity contribution in [1.29, 1.82) is 5.26 Å². The van der Waals surface area contributed by atoms with Crippen molar-refractivity contribution in [3.05, 3.63) is 41.9 Å². The van der Waals surface area contributed by atoms with Gasteiger partial charge in [0.1, 0.15) is 12.3 Å². The first kappa shape index (κ1) is 11.1. The van der Waals surface area contributed by atoms with Crippen molar-refractivity contribution in [2.75, 3.05) is 0 Å². The van der Waals surface area contributed by atoms with Gasteiger partial charge in [-0.2, -0.15) is 10.4 Å². The van der Waals surface area contributed by atoms with Crippen LogP contribution >= 0.6 is 0 Å². The Labute approximate surface area is 99.3 Å². The summed E-state index contributed by atoms with van der Waals surface area (Å²) in [6.45, 7) is 0.357. The molecule has 0 amide bonds. The van der Waals surface area contributed by atoms with E-state index in [0.29, 0.717) is 18.9 Å². The molecule has 5 heteroatoms. The Morgan fingerprint density at radius 2 is 2.35 bits per heavy atom. The van der Waals surface area contributed by atoms with Crippen LogP contribution in [0.25, 0.3) is 0 Å². The summed E-state index contributed by atoms with van der Waals surface area (Å²) in [5, 5.41) is 12.9. The van der Waals surface area contributed by atoms with Gasteiger partial charge < -0.3 is 4.74 Å². The van der Waals surface area contributed by atoms with Gasteiger partial charge in [0.05, 0.1) is 18.2 Å². The van der Waals surface area contributed by atoms with Gasteiger partial charge in [-0.15, -0.1) is 0 Å². The number of aromatic nitrogens is 3. The molecule has 0 radical (unpaired) electrons. The van der Waals surface area contributed by atoms with E-state index < -0.39 is 0 Å². The Kier molecular flexibility index (Phi) is 3.36. The normalized spacial score (nSPS) is 9.88. The van der Waals surface area contributed by atoms with E-state index in [1.165, 1.54) is 0 Å². The highest BCUT2D eigenvalue weighted by Gasteiger charge is 2.05. The fourth-order valence-electron chi connectivity index (χ4n) is 1.47. The van der Waals surface area contributed by atoms with Gasteiger partial charge in [0.25, 0.3) is 0 Å². The summed E-state index contributed by atoms with van der Waals surface area (Å²) < 4.78 is 7.16. The van der Waals surface area contributed by atoms with E-state index in [1.54, 1.807) is 16.9 Å². The topological polar surface area (TPSA) is 63.7 Å². The molecule has 2 aromatic rings. The van der Waals surface area contributed by atoms with Crippen LogP contribution in [-0.4, -0.2) is 14.8 Å². The average molecular weight is 228 g/mol. The molecule has 0 spiro atoms. The lowest BCUT2D eigenvalue weighted by Crippen LogP contribution is -1.99. The van der Waals surface area contributed by atoms with E-state index in [2.05, 4.69) is 16.2 Å². The summed E-state index contributed by atoms with van der Waals surface area (Å²) in [4.78, 5) is 4.05. The summed E-state index contributed by atoms with van der Waals surface area (Å²) in [7, 11) is 1.82. The first-order chi connectivity index (χ1) is 8.29. The van der Waals surface area contributed by atoms with E-state index >= 15 is 0 Å². The van der Waals surface area contributed by atoms with Gasteiger partial charge in [-0.3, -0.25) is 4.68 Å². The number of hydrogen-bond donors (Lipinski definition) is 0. The predicted molar refractivity (Wildman–Crippen MR) is 61.1 cm³/mol. The molecule has 2 heterocycles. The molecule has 17 heavy (non-hydrogen) atoms. The van der Waals surface area contributed by atoms with Crippen molar-refractivity contribution < 1.29 is 4.74 Å². The van der Waals surface area contributed by atoms with Gasteiger partial charge in [0.2, 0.25) is 5.88 Å². The van der Waals surface area contributed by atoms with Gasteiger partial charge in [-0.1, -0.05) is 6.07 Å². The smallest absolute Gasteiger partial charge is 0.213 e. The van der Waals surface area contributed by atoms with Crippen LogP contribution in [-0.2, 0) is 20.1 Å². The van der Waals surface area contributed by atoms with Crippen molar-refractivity contribution in [3.63, 3.8) is 0 Å². The first-order valence-electron chi connectivity index (χ1n) is 5.22. The third kappa shape index (κ3) is 2.82. The molecule has 5 nitrogen and oxygen atoms in total. The maximum atomic E-state index is 8.63. The van der Waals surface area contributed by atoms with Crippen molar-refractivity contribution in [2.24, 2.45) is 7.05 Å². The molecule has 0 aromatic carbocycles. The van der Waals surface area contributed by atoms with Crippen LogP contribution in [0.15, 0.2) is 30.5 Å². The number of rotatable bonds is 4. The van der Waals surface area contributed by atoms with Gasteiger partial charge in [0.15, 0.2) is 0 Å². The number of nitrogens with zero attached hydrogens (tertiary/aromatic N) is 4. The van der Waals surface area contributed by atoms with Crippen molar-refractivity contribution in [2.45, 2.75) is 13.0 Å². The molecule has 0 fully saturated rings. The maximum Gasteiger partial charge on any atom is 0.213 e. The summed E-state index contributed by atoms with van der Waals surface area (Å²) in [5.74, 6) is 0.569. The second kappa shape index (κ2) is 5.12. The minimum Gasteiger partial charge on any atom is -0.471 e. The standard InChI is InChI=1S/C12H12N4O/c1-16-11(5-6-13)8-10(15-16)9-17-12-4-2-3-7-14-12/h2-4,7-8H,5,9H2,1H3. The van der Waals surface area contributed by atoms with Crippen LogP contribution in [0.3, 0.4) is 0 Å². The minimum atomic E-state index is 0.354. The Balaban J connectivity index is 2.00. The minimum absolute atomic E-state index is 0.354. The SMILES string of the molecule is Cn1nc(COc2ccccn2)cc1CC#N. The van der Waals surface area contributed by atoms with Gasteiger partial charge in [-0.05, 0) is 12.1 Å². The largest absolute Gasteiger partial charge is 0.471 e. The zero-order valence-corrected chi connectivity index (χ0v) is 9.50. The van der Waals surface area contributed by atoms with E-state index in [0.717, 1.165) is 11.4 Å². The van der Waals surface area contributed by atoms with Gasteiger partial charge in [-0.25, -0.2) is 4.98 Å². The second-order valence-corrected chi connectivity index (χ2v) is 3.54. The lowest BCUT2D eigenvalue weighted by molar-refractivity contribution is 0.288. The Morgan fingerprint density at radius 1 is 1.47 bits per heavy atom. The first-order valence-corrected chi connectivity index (χ1v) is 5.22. The van der Waals surface area contributed by atoms with Gasteiger partial charge in [0, 0.05) is 19.3 Å². The molecule has 0 aliphatic heterocycles. The highest BCUT2D eigenvalue weighted by molar-refractivity contribution is 5.14. The van der Waals surface area contributed by atoms with E-state index in [-0.39, 0.29) is 0 Å². The van der Waals surface area contributed by atoms with Gasteiger partial charge >= 0.3 is 0 Å². The lowest BCUT2D eigenvalue weighted by atomic mass is 10.3. The van der Waals surface area contributed by atoms with Crippen molar-refractivity contribution >= 4 is 0 Å². The molecule has 0 aliphatic rings. The van der Waals surface area contributed by atoms with Crippen molar-refractivity contribution in [3.8, 4) is 11.9 Å².